The number of ether oxygens (including phenoxy) is 1. The van der Waals surface area contributed by atoms with Crippen LogP contribution < -0.4 is 9.64 Å². The fourth-order valence-electron chi connectivity index (χ4n) is 2.21. The number of methoxy groups -OCH3 is 1. The fourth-order valence-corrected chi connectivity index (χ4v) is 3.22. The highest BCUT2D eigenvalue weighted by molar-refractivity contribution is 8.15. The molecule has 1 atom stereocenters. The van der Waals surface area contributed by atoms with Crippen molar-refractivity contribution < 1.29 is 14.3 Å². The molecular formula is C16H13NO3S. The van der Waals surface area contributed by atoms with Crippen molar-refractivity contribution in [2.45, 2.75) is 5.25 Å². The first-order valence-electron chi connectivity index (χ1n) is 6.44. The van der Waals surface area contributed by atoms with Crippen LogP contribution in [0.5, 0.6) is 5.75 Å². The molecule has 2 aromatic carbocycles. The largest absolute Gasteiger partial charge is 0.497 e. The van der Waals surface area contributed by atoms with E-state index in [1.165, 1.54) is 4.90 Å². The van der Waals surface area contributed by atoms with Crippen LogP contribution >= 0.6 is 11.8 Å². The number of carbonyl (C=O) groups excluding carboxylic acids is 2. The first-order valence-corrected chi connectivity index (χ1v) is 7.32. The van der Waals surface area contributed by atoms with Crippen molar-refractivity contribution in [1.29, 1.82) is 0 Å². The Morgan fingerprint density at radius 1 is 1.00 bits per heavy atom. The first-order chi connectivity index (χ1) is 10.2. The van der Waals surface area contributed by atoms with Gasteiger partial charge < -0.3 is 4.74 Å². The van der Waals surface area contributed by atoms with Crippen LogP contribution in [0.3, 0.4) is 0 Å². The minimum absolute atomic E-state index is 0.207. The van der Waals surface area contributed by atoms with Crippen LogP contribution in [-0.4, -0.2) is 18.3 Å². The summed E-state index contributed by atoms with van der Waals surface area (Å²) in [5.41, 5.74) is 1.41. The number of hydrogen-bond acceptors (Lipinski definition) is 4. The van der Waals surface area contributed by atoms with Gasteiger partial charge in [0.15, 0.2) is 0 Å². The van der Waals surface area contributed by atoms with Gasteiger partial charge in [0.2, 0.25) is 0 Å². The van der Waals surface area contributed by atoms with Crippen molar-refractivity contribution >= 4 is 28.6 Å². The summed E-state index contributed by atoms with van der Waals surface area (Å²) >= 11 is 1.05. The Labute approximate surface area is 126 Å². The Balaban J connectivity index is 1.90. The van der Waals surface area contributed by atoms with E-state index in [-0.39, 0.29) is 11.1 Å². The Morgan fingerprint density at radius 3 is 2.29 bits per heavy atom. The molecule has 0 radical (unpaired) electrons. The third kappa shape index (κ3) is 2.52. The zero-order valence-corrected chi connectivity index (χ0v) is 12.2. The van der Waals surface area contributed by atoms with E-state index in [4.69, 9.17) is 4.74 Å². The van der Waals surface area contributed by atoms with Gasteiger partial charge in [-0.15, -0.1) is 0 Å². The third-order valence-corrected chi connectivity index (χ3v) is 4.37. The Hall–Kier alpha value is -2.27. The molecule has 0 aliphatic carbocycles. The summed E-state index contributed by atoms with van der Waals surface area (Å²) < 4.78 is 5.08. The SMILES string of the molecule is COc1ccc(N2C(=O)SC(c3ccccc3)C2=O)cc1. The Kier molecular flexibility index (Phi) is 3.66. The van der Waals surface area contributed by atoms with Crippen LogP contribution in [0.4, 0.5) is 10.5 Å². The number of rotatable bonds is 3. The van der Waals surface area contributed by atoms with Gasteiger partial charge in [0, 0.05) is 0 Å². The minimum atomic E-state index is -0.471. The normalized spacial score (nSPS) is 18.1. The maximum atomic E-state index is 12.5. The number of thioether (sulfide) groups is 1. The van der Waals surface area contributed by atoms with Gasteiger partial charge in [0.1, 0.15) is 11.0 Å². The summed E-state index contributed by atoms with van der Waals surface area (Å²) in [6, 6.07) is 16.2. The van der Waals surface area contributed by atoms with Gasteiger partial charge in [0.25, 0.3) is 11.1 Å². The molecule has 0 bridgehead atoms. The summed E-state index contributed by atoms with van der Waals surface area (Å²) in [5.74, 6) is 0.478. The Morgan fingerprint density at radius 2 is 1.67 bits per heavy atom. The highest BCUT2D eigenvalue weighted by Gasteiger charge is 2.41. The van der Waals surface area contributed by atoms with Gasteiger partial charge in [-0.3, -0.25) is 9.59 Å². The zero-order valence-electron chi connectivity index (χ0n) is 11.4. The molecule has 0 spiro atoms. The zero-order chi connectivity index (χ0) is 14.8. The van der Waals surface area contributed by atoms with Crippen LogP contribution in [0.25, 0.3) is 0 Å². The van der Waals surface area contributed by atoms with Gasteiger partial charge in [-0.2, -0.15) is 0 Å². The third-order valence-electron chi connectivity index (χ3n) is 3.28. The van der Waals surface area contributed by atoms with E-state index in [2.05, 4.69) is 0 Å². The second-order valence-electron chi connectivity index (χ2n) is 4.55. The molecule has 1 fully saturated rings. The summed E-state index contributed by atoms with van der Waals surface area (Å²) in [5, 5.41) is -0.722. The number of hydrogen-bond donors (Lipinski definition) is 0. The molecule has 5 heteroatoms. The van der Waals surface area contributed by atoms with Gasteiger partial charge in [-0.25, -0.2) is 4.90 Å². The molecule has 1 aliphatic heterocycles. The summed E-state index contributed by atoms with van der Waals surface area (Å²) in [6.07, 6.45) is 0. The topological polar surface area (TPSA) is 46.6 Å². The van der Waals surface area contributed by atoms with Crippen molar-refractivity contribution in [2.24, 2.45) is 0 Å². The molecular weight excluding hydrogens is 286 g/mol. The molecule has 21 heavy (non-hydrogen) atoms. The first kappa shape index (κ1) is 13.7. The molecule has 2 amide bonds. The lowest BCUT2D eigenvalue weighted by Gasteiger charge is -2.14. The molecule has 0 N–H and O–H groups in total. The molecule has 1 saturated heterocycles. The predicted molar refractivity (Wildman–Crippen MR) is 82.7 cm³/mol. The summed E-state index contributed by atoms with van der Waals surface area (Å²) in [6.45, 7) is 0. The van der Waals surface area contributed by atoms with Crippen molar-refractivity contribution in [1.82, 2.24) is 0 Å². The average Bonchev–Trinajstić information content (AvgIpc) is 2.83. The quantitative estimate of drug-likeness (QED) is 0.868. The number of benzene rings is 2. The van der Waals surface area contributed by atoms with E-state index in [9.17, 15) is 9.59 Å². The number of imide groups is 1. The molecule has 3 rings (SSSR count). The summed E-state index contributed by atoms with van der Waals surface area (Å²) in [4.78, 5) is 25.9. The highest BCUT2D eigenvalue weighted by atomic mass is 32.2. The molecule has 0 saturated carbocycles. The minimum Gasteiger partial charge on any atom is -0.497 e. The van der Waals surface area contributed by atoms with E-state index in [1.807, 2.05) is 30.3 Å². The summed E-state index contributed by atoms with van der Waals surface area (Å²) in [7, 11) is 1.57. The molecule has 4 nitrogen and oxygen atoms in total. The fraction of sp³-hybridized carbons (Fsp3) is 0.125. The standard InChI is InChI=1S/C16H13NO3S/c1-20-13-9-7-12(8-10-13)17-15(18)14(21-16(17)19)11-5-3-2-4-6-11/h2-10,14H,1H3. The van der Waals surface area contributed by atoms with Gasteiger partial charge in [0.05, 0.1) is 12.8 Å². The molecule has 1 unspecified atom stereocenters. The monoisotopic (exact) mass is 299 g/mol. The smallest absolute Gasteiger partial charge is 0.294 e. The van der Waals surface area contributed by atoms with Crippen LogP contribution in [0.15, 0.2) is 54.6 Å². The van der Waals surface area contributed by atoms with Gasteiger partial charge in [-0.05, 0) is 41.6 Å². The van der Waals surface area contributed by atoms with E-state index >= 15 is 0 Å². The number of amides is 2. The molecule has 0 aromatic heterocycles. The lowest BCUT2D eigenvalue weighted by atomic mass is 10.1. The lowest BCUT2D eigenvalue weighted by molar-refractivity contribution is -0.117. The molecule has 1 heterocycles. The van der Waals surface area contributed by atoms with Crippen LogP contribution in [0.2, 0.25) is 0 Å². The van der Waals surface area contributed by atoms with Crippen LogP contribution in [0, 0.1) is 0 Å². The number of anilines is 1. The van der Waals surface area contributed by atoms with Gasteiger partial charge in [-0.1, -0.05) is 30.3 Å². The van der Waals surface area contributed by atoms with Crippen molar-refractivity contribution in [3.63, 3.8) is 0 Å². The Bertz CT molecular complexity index is 670. The second kappa shape index (κ2) is 5.61. The van der Waals surface area contributed by atoms with E-state index < -0.39 is 5.25 Å². The maximum absolute atomic E-state index is 12.5. The maximum Gasteiger partial charge on any atom is 0.294 e. The number of carbonyl (C=O) groups is 2. The lowest BCUT2D eigenvalue weighted by Crippen LogP contribution is -2.29. The molecule has 1 aliphatic rings. The van der Waals surface area contributed by atoms with Crippen molar-refractivity contribution in [3.8, 4) is 5.75 Å². The second-order valence-corrected chi connectivity index (χ2v) is 5.60. The van der Waals surface area contributed by atoms with Crippen molar-refractivity contribution in [2.75, 3.05) is 12.0 Å². The average molecular weight is 299 g/mol. The molecule has 106 valence electrons. The number of nitrogens with zero attached hydrogens (tertiary/aromatic N) is 1. The van der Waals surface area contributed by atoms with Gasteiger partial charge >= 0.3 is 0 Å². The van der Waals surface area contributed by atoms with Crippen molar-refractivity contribution in [3.05, 3.63) is 60.2 Å². The van der Waals surface area contributed by atoms with E-state index in [0.29, 0.717) is 11.4 Å². The van der Waals surface area contributed by atoms with Crippen LogP contribution in [0.1, 0.15) is 10.8 Å². The highest BCUT2D eigenvalue weighted by Crippen LogP contribution is 2.41. The molecule has 2 aromatic rings. The van der Waals surface area contributed by atoms with E-state index in [1.54, 1.807) is 31.4 Å². The van der Waals surface area contributed by atoms with E-state index in [0.717, 1.165) is 17.3 Å². The predicted octanol–water partition coefficient (Wildman–Crippen LogP) is 3.64. The van der Waals surface area contributed by atoms with Crippen LogP contribution in [-0.2, 0) is 4.79 Å².